The minimum atomic E-state index is -0.403. The van der Waals surface area contributed by atoms with E-state index in [0.717, 1.165) is 81.0 Å². The Bertz CT molecular complexity index is 2100. The van der Waals surface area contributed by atoms with Gasteiger partial charge in [0.05, 0.1) is 26.4 Å². The Hall–Kier alpha value is -6.50. The van der Waals surface area contributed by atoms with E-state index < -0.39 is 11.9 Å². The second-order valence-corrected chi connectivity index (χ2v) is 12.1. The molecule has 0 spiro atoms. The second-order valence-electron chi connectivity index (χ2n) is 12.1. The Morgan fingerprint density at radius 2 is 0.788 bits per heavy atom. The minimum Gasteiger partial charge on any atom is -0.494 e. The van der Waals surface area contributed by atoms with Crippen molar-refractivity contribution >= 4 is 44.3 Å². The third kappa shape index (κ3) is 9.38. The lowest BCUT2D eigenvalue weighted by atomic mass is 9.91. The Morgan fingerprint density at radius 3 is 1.13 bits per heavy atom. The van der Waals surface area contributed by atoms with Crippen LogP contribution in [0.5, 0.6) is 11.5 Å². The molecule has 0 aromatic heterocycles. The maximum absolute atomic E-state index is 11.1. The molecule has 0 saturated carbocycles. The van der Waals surface area contributed by atoms with Gasteiger partial charge in [0.25, 0.3) is 0 Å². The first-order valence-corrected chi connectivity index (χ1v) is 17.3. The fraction of sp³-hybridized carbons (Fsp3) is 0.174. The number of benzene rings is 6. The van der Waals surface area contributed by atoms with Gasteiger partial charge in [0, 0.05) is 34.4 Å². The quantitative estimate of drug-likeness (QED) is 0.0374. The fourth-order valence-corrected chi connectivity index (χ4v) is 5.79. The Morgan fingerprint density at radius 1 is 0.462 bits per heavy atom. The van der Waals surface area contributed by atoms with Gasteiger partial charge in [-0.05, 0) is 131 Å². The highest BCUT2D eigenvalue weighted by Gasteiger charge is 2.10. The molecule has 0 heterocycles. The van der Waals surface area contributed by atoms with E-state index in [1.807, 2.05) is 48.5 Å². The number of hydrogen-bond donors (Lipinski definition) is 0. The molecule has 6 aromatic rings. The third-order valence-corrected chi connectivity index (χ3v) is 8.38. The monoisotopic (exact) mass is 686 g/mol. The summed E-state index contributed by atoms with van der Waals surface area (Å²) in [6.45, 7) is 8.59. The summed E-state index contributed by atoms with van der Waals surface area (Å²) in [7, 11) is 0. The van der Waals surface area contributed by atoms with Crippen molar-refractivity contribution in [1.29, 1.82) is 0 Å². The second kappa shape index (κ2) is 17.4. The molecule has 0 amide bonds. The van der Waals surface area contributed by atoms with E-state index in [9.17, 15) is 9.59 Å². The SMILES string of the molecule is C=CC(=O)OCCCCOc1ccc(C#Cc2cc3ccc4cc(C#Cc5ccc(OCCCCOC(=O)C=C)cc5)cc5ccc(c2)c3c45)cc1. The summed E-state index contributed by atoms with van der Waals surface area (Å²) in [5.41, 5.74) is 3.73. The predicted octanol–water partition coefficient (Wildman–Crippen LogP) is 9.16. The number of unbranched alkanes of at least 4 members (excludes halogenated alkanes) is 2. The van der Waals surface area contributed by atoms with Gasteiger partial charge in [0.15, 0.2) is 0 Å². The summed E-state index contributed by atoms with van der Waals surface area (Å²) in [6.07, 6.45) is 5.36. The van der Waals surface area contributed by atoms with Gasteiger partial charge in [-0.2, -0.15) is 0 Å². The standard InChI is InChI=1S/C46H38O6/c1-3-43(47)51-27-7-5-25-49-41-21-13-33(14-22-41)9-11-35-29-37-17-19-39-31-36(32-40-20-18-38(30-35)45(37)46(39)40)12-10-34-15-23-42(24-16-34)50-26-6-8-28-52-44(48)4-2/h3-4,13-24,29-32H,1-2,5-8,25-28H2. The van der Waals surface area contributed by atoms with Crippen molar-refractivity contribution in [1.82, 2.24) is 0 Å². The fourth-order valence-electron chi connectivity index (χ4n) is 5.79. The van der Waals surface area contributed by atoms with Crippen LogP contribution in [-0.2, 0) is 19.1 Å². The van der Waals surface area contributed by atoms with E-state index in [0.29, 0.717) is 26.4 Å². The largest absolute Gasteiger partial charge is 0.494 e. The van der Waals surface area contributed by atoms with Crippen molar-refractivity contribution < 1.29 is 28.5 Å². The molecule has 258 valence electrons. The van der Waals surface area contributed by atoms with Crippen LogP contribution in [0.1, 0.15) is 47.9 Å². The van der Waals surface area contributed by atoms with Crippen LogP contribution >= 0.6 is 0 Å². The molecular weight excluding hydrogens is 648 g/mol. The van der Waals surface area contributed by atoms with E-state index in [4.69, 9.17) is 18.9 Å². The maximum atomic E-state index is 11.1. The van der Waals surface area contributed by atoms with E-state index in [-0.39, 0.29) is 0 Å². The minimum absolute atomic E-state index is 0.361. The normalized spacial score (nSPS) is 10.5. The zero-order valence-electron chi connectivity index (χ0n) is 28.9. The van der Waals surface area contributed by atoms with Gasteiger partial charge in [-0.3, -0.25) is 0 Å². The summed E-state index contributed by atoms with van der Waals surface area (Å²) < 4.78 is 21.6. The number of carbonyl (C=O) groups is 2. The average molecular weight is 687 g/mol. The molecule has 0 unspecified atom stereocenters. The van der Waals surface area contributed by atoms with Gasteiger partial charge in [-0.15, -0.1) is 0 Å². The van der Waals surface area contributed by atoms with Gasteiger partial charge in [0.2, 0.25) is 0 Å². The molecule has 0 aliphatic heterocycles. The van der Waals surface area contributed by atoms with E-state index in [1.165, 1.54) is 22.9 Å². The molecule has 52 heavy (non-hydrogen) atoms. The molecule has 6 heteroatoms. The van der Waals surface area contributed by atoms with Crippen LogP contribution in [0.2, 0.25) is 0 Å². The number of esters is 2. The first-order valence-electron chi connectivity index (χ1n) is 17.3. The topological polar surface area (TPSA) is 71.1 Å². The Kier molecular flexibility index (Phi) is 11.8. The molecule has 0 bridgehead atoms. The first-order chi connectivity index (χ1) is 25.5. The molecule has 6 nitrogen and oxygen atoms in total. The molecule has 0 atom stereocenters. The summed E-state index contributed by atoms with van der Waals surface area (Å²) in [4.78, 5) is 22.2. The van der Waals surface area contributed by atoms with Crippen LogP contribution in [0.15, 0.2) is 122 Å². The first kappa shape index (κ1) is 35.3. The van der Waals surface area contributed by atoms with Crippen molar-refractivity contribution in [2.45, 2.75) is 25.7 Å². The highest BCUT2D eigenvalue weighted by molar-refractivity contribution is 6.23. The van der Waals surface area contributed by atoms with Crippen LogP contribution in [-0.4, -0.2) is 38.4 Å². The van der Waals surface area contributed by atoms with Crippen molar-refractivity contribution in [3.8, 4) is 35.2 Å². The van der Waals surface area contributed by atoms with Crippen molar-refractivity contribution in [2.24, 2.45) is 0 Å². The molecule has 0 radical (unpaired) electrons. The number of hydrogen-bond acceptors (Lipinski definition) is 6. The average Bonchev–Trinajstić information content (AvgIpc) is 3.18. The van der Waals surface area contributed by atoms with Crippen molar-refractivity contribution in [3.63, 3.8) is 0 Å². The van der Waals surface area contributed by atoms with Crippen LogP contribution in [0.25, 0.3) is 32.3 Å². The zero-order valence-corrected chi connectivity index (χ0v) is 28.9. The van der Waals surface area contributed by atoms with Crippen molar-refractivity contribution in [3.05, 3.63) is 145 Å². The van der Waals surface area contributed by atoms with Crippen LogP contribution < -0.4 is 9.47 Å². The molecular formula is C46H38O6. The Balaban J connectivity index is 1.07. The summed E-state index contributed by atoms with van der Waals surface area (Å²) >= 11 is 0. The van der Waals surface area contributed by atoms with Crippen molar-refractivity contribution in [2.75, 3.05) is 26.4 Å². The number of carbonyl (C=O) groups excluding carboxylic acids is 2. The number of rotatable bonds is 14. The molecule has 0 saturated heterocycles. The van der Waals surface area contributed by atoms with Crippen LogP contribution in [0.3, 0.4) is 0 Å². The van der Waals surface area contributed by atoms with Crippen LogP contribution in [0.4, 0.5) is 0 Å². The third-order valence-electron chi connectivity index (χ3n) is 8.38. The smallest absolute Gasteiger partial charge is 0.330 e. The maximum Gasteiger partial charge on any atom is 0.330 e. The van der Waals surface area contributed by atoms with Crippen LogP contribution in [0, 0.1) is 23.7 Å². The highest BCUT2D eigenvalue weighted by Crippen LogP contribution is 2.36. The summed E-state index contributed by atoms with van der Waals surface area (Å²) in [5.74, 6) is 14.0. The van der Waals surface area contributed by atoms with Gasteiger partial charge >= 0.3 is 11.9 Å². The van der Waals surface area contributed by atoms with Gasteiger partial charge in [0.1, 0.15) is 11.5 Å². The molecule has 6 rings (SSSR count). The summed E-state index contributed by atoms with van der Waals surface area (Å²) in [5, 5.41) is 7.07. The van der Waals surface area contributed by atoms with E-state index in [1.54, 1.807) is 0 Å². The lowest BCUT2D eigenvalue weighted by Gasteiger charge is -2.12. The molecule has 0 aliphatic carbocycles. The molecule has 0 aliphatic rings. The molecule has 0 N–H and O–H groups in total. The molecule has 0 fully saturated rings. The number of ether oxygens (including phenoxy) is 4. The molecule has 6 aromatic carbocycles. The van der Waals surface area contributed by atoms with Gasteiger partial charge < -0.3 is 18.9 Å². The lowest BCUT2D eigenvalue weighted by molar-refractivity contribution is -0.138. The Labute approximate surface area is 304 Å². The van der Waals surface area contributed by atoms with Gasteiger partial charge in [-0.25, -0.2) is 9.59 Å². The zero-order chi connectivity index (χ0) is 36.1. The lowest BCUT2D eigenvalue weighted by Crippen LogP contribution is -2.04. The van der Waals surface area contributed by atoms with Gasteiger partial charge in [-0.1, -0.05) is 61.1 Å². The highest BCUT2D eigenvalue weighted by atomic mass is 16.5. The predicted molar refractivity (Wildman–Crippen MR) is 207 cm³/mol. The van der Waals surface area contributed by atoms with E-state index in [2.05, 4.69) is 85.4 Å². The van der Waals surface area contributed by atoms with E-state index >= 15 is 0 Å². The summed E-state index contributed by atoms with van der Waals surface area (Å²) in [6, 6.07) is 32.8.